The van der Waals surface area contributed by atoms with E-state index in [4.69, 9.17) is 9.84 Å². The fourth-order valence-corrected chi connectivity index (χ4v) is 4.72. The molecule has 0 radical (unpaired) electrons. The van der Waals surface area contributed by atoms with Gasteiger partial charge in [-0.05, 0) is 56.4 Å². The maximum atomic E-state index is 13.1. The van der Waals surface area contributed by atoms with Crippen LogP contribution in [0.3, 0.4) is 0 Å². The van der Waals surface area contributed by atoms with Crippen molar-refractivity contribution in [3.63, 3.8) is 0 Å². The summed E-state index contributed by atoms with van der Waals surface area (Å²) in [5, 5.41) is 11.8. The SMILES string of the molecule is C\C=C/C(=C\C=C\N(C)S(=O)C1=C(C(=O)Nc2cccc(C(=O)O)c2)SCC=C1)OCC. The maximum Gasteiger partial charge on any atom is 0.335 e. The van der Waals surface area contributed by atoms with Crippen LogP contribution in [0.2, 0.25) is 0 Å². The first kappa shape index (κ1) is 25.2. The van der Waals surface area contributed by atoms with Gasteiger partial charge in [0.25, 0.3) is 5.91 Å². The molecule has 9 heteroatoms. The molecular formula is C23H26N2O5S2. The molecule has 1 aliphatic heterocycles. The van der Waals surface area contributed by atoms with Crippen molar-refractivity contribution >= 4 is 40.3 Å². The third kappa shape index (κ3) is 7.28. The smallest absolute Gasteiger partial charge is 0.335 e. The minimum atomic E-state index is -1.62. The van der Waals surface area contributed by atoms with Crippen molar-refractivity contribution in [3.8, 4) is 0 Å². The fraction of sp³-hybridized carbons (Fsp3) is 0.217. The van der Waals surface area contributed by atoms with E-state index in [1.807, 2.05) is 32.1 Å². The summed E-state index contributed by atoms with van der Waals surface area (Å²) in [6.45, 7) is 4.32. The number of hydrogen-bond donors (Lipinski definition) is 2. The van der Waals surface area contributed by atoms with E-state index in [-0.39, 0.29) is 5.56 Å². The van der Waals surface area contributed by atoms with Gasteiger partial charge in [-0.15, -0.1) is 11.8 Å². The molecule has 1 atom stereocenters. The van der Waals surface area contributed by atoms with E-state index < -0.39 is 22.9 Å². The molecule has 2 rings (SSSR count). The van der Waals surface area contributed by atoms with Crippen LogP contribution in [-0.4, -0.2) is 44.9 Å². The quantitative estimate of drug-likeness (QED) is 0.384. The van der Waals surface area contributed by atoms with E-state index >= 15 is 0 Å². The normalized spacial score (nSPS) is 15.3. The van der Waals surface area contributed by atoms with Crippen molar-refractivity contribution in [1.29, 1.82) is 0 Å². The van der Waals surface area contributed by atoms with Gasteiger partial charge in [-0.1, -0.05) is 18.2 Å². The Kier molecular flexibility index (Phi) is 10.0. The molecule has 0 fully saturated rings. The Hall–Kier alpha value is -3.04. The summed E-state index contributed by atoms with van der Waals surface area (Å²) < 4.78 is 20.1. The molecule has 1 unspecified atom stereocenters. The van der Waals surface area contributed by atoms with Crippen molar-refractivity contribution in [2.75, 3.05) is 24.7 Å². The Labute approximate surface area is 194 Å². The highest BCUT2D eigenvalue weighted by molar-refractivity contribution is 8.05. The lowest BCUT2D eigenvalue weighted by Crippen LogP contribution is -2.22. The molecular weight excluding hydrogens is 448 g/mol. The molecule has 0 saturated carbocycles. The van der Waals surface area contributed by atoms with E-state index in [2.05, 4.69) is 5.32 Å². The number of carbonyl (C=O) groups excluding carboxylic acids is 1. The van der Waals surface area contributed by atoms with Gasteiger partial charge in [0.15, 0.2) is 11.0 Å². The van der Waals surface area contributed by atoms with Crippen LogP contribution < -0.4 is 5.32 Å². The average molecular weight is 475 g/mol. The highest BCUT2D eigenvalue weighted by Gasteiger charge is 2.23. The molecule has 0 bridgehead atoms. The van der Waals surface area contributed by atoms with Crippen molar-refractivity contribution < 1.29 is 23.6 Å². The second kappa shape index (κ2) is 12.7. The highest BCUT2D eigenvalue weighted by atomic mass is 32.2. The molecule has 170 valence electrons. The van der Waals surface area contributed by atoms with Gasteiger partial charge >= 0.3 is 5.97 Å². The number of amides is 1. The second-order valence-electron chi connectivity index (χ2n) is 6.39. The van der Waals surface area contributed by atoms with E-state index in [0.29, 0.717) is 33.6 Å². The van der Waals surface area contributed by atoms with E-state index in [0.717, 1.165) is 0 Å². The molecule has 1 aromatic rings. The standard InChI is InChI=1S/C23H26N2O5S2/c1-4-9-19(30-5-2)12-7-14-25(3)32(29)20-13-8-15-31-21(20)22(26)24-18-11-6-10-17(16-18)23(27)28/h4,6-14,16H,5,15H2,1-3H3,(H,24,26)(H,27,28)/b9-4-,14-7+,19-12+. The van der Waals surface area contributed by atoms with Crippen LogP contribution in [0.15, 0.2) is 82.5 Å². The number of thioether (sulfide) groups is 1. The third-order valence-electron chi connectivity index (χ3n) is 4.04. The van der Waals surface area contributed by atoms with Gasteiger partial charge in [0, 0.05) is 24.7 Å². The predicted molar refractivity (Wildman–Crippen MR) is 130 cm³/mol. The number of carboxylic acids is 1. The first-order valence-corrected chi connectivity index (χ1v) is 11.9. The van der Waals surface area contributed by atoms with Crippen LogP contribution in [0.25, 0.3) is 0 Å². The number of benzene rings is 1. The number of hydrogen-bond acceptors (Lipinski definition) is 5. The van der Waals surface area contributed by atoms with Crippen LogP contribution in [0, 0.1) is 0 Å². The molecule has 1 heterocycles. The molecule has 0 aromatic heterocycles. The monoisotopic (exact) mass is 474 g/mol. The number of ether oxygens (including phenoxy) is 1. The Balaban J connectivity index is 2.21. The van der Waals surface area contributed by atoms with Gasteiger partial charge in [0.1, 0.15) is 5.76 Å². The zero-order chi connectivity index (χ0) is 23.5. The molecule has 7 nitrogen and oxygen atoms in total. The average Bonchev–Trinajstić information content (AvgIpc) is 2.79. The second-order valence-corrected chi connectivity index (χ2v) is 8.93. The fourth-order valence-electron chi connectivity index (χ4n) is 2.62. The summed E-state index contributed by atoms with van der Waals surface area (Å²) in [5.74, 6) is -0.265. The predicted octanol–water partition coefficient (Wildman–Crippen LogP) is 4.44. The first-order valence-electron chi connectivity index (χ1n) is 9.84. The number of carbonyl (C=O) groups is 2. The summed E-state index contributed by atoms with van der Waals surface area (Å²) >= 11 is 1.28. The lowest BCUT2D eigenvalue weighted by atomic mass is 10.2. The molecule has 2 N–H and O–H groups in total. The Morgan fingerprint density at radius 3 is 2.84 bits per heavy atom. The topological polar surface area (TPSA) is 95.9 Å². The molecule has 32 heavy (non-hydrogen) atoms. The number of aromatic carboxylic acids is 1. The number of nitrogens with zero attached hydrogens (tertiary/aromatic N) is 1. The largest absolute Gasteiger partial charge is 0.494 e. The Morgan fingerprint density at radius 2 is 2.16 bits per heavy atom. The maximum absolute atomic E-state index is 13.1. The summed E-state index contributed by atoms with van der Waals surface area (Å²) in [7, 11) is 0.0369. The number of carboxylic acid groups (broad SMARTS) is 1. The van der Waals surface area contributed by atoms with Crippen LogP contribution >= 0.6 is 11.8 Å². The number of anilines is 1. The molecule has 1 amide bonds. The van der Waals surface area contributed by atoms with Gasteiger partial charge < -0.3 is 15.2 Å². The summed E-state index contributed by atoms with van der Waals surface area (Å²) in [5.41, 5.74) is 0.424. The number of allylic oxidation sites excluding steroid dienone is 5. The summed E-state index contributed by atoms with van der Waals surface area (Å²) in [6.07, 6.45) is 12.3. The zero-order valence-electron chi connectivity index (χ0n) is 18.1. The van der Waals surface area contributed by atoms with Gasteiger partial charge in [0.05, 0.1) is 22.0 Å². The Morgan fingerprint density at radius 1 is 1.38 bits per heavy atom. The number of nitrogens with one attached hydrogen (secondary N) is 1. The van der Waals surface area contributed by atoms with Crippen LogP contribution in [0.4, 0.5) is 5.69 Å². The van der Waals surface area contributed by atoms with Crippen molar-refractivity contribution in [3.05, 3.63) is 88.1 Å². The third-order valence-corrected chi connectivity index (χ3v) is 6.58. The van der Waals surface area contributed by atoms with Crippen LogP contribution in [0.5, 0.6) is 0 Å². The molecule has 1 aliphatic rings. The first-order chi connectivity index (χ1) is 15.4. The van der Waals surface area contributed by atoms with E-state index in [1.165, 1.54) is 28.2 Å². The molecule has 1 aromatic carbocycles. The zero-order valence-corrected chi connectivity index (χ0v) is 19.7. The minimum Gasteiger partial charge on any atom is -0.494 e. The summed E-state index contributed by atoms with van der Waals surface area (Å²) in [6, 6.07) is 5.98. The molecule has 0 aliphatic carbocycles. The van der Waals surface area contributed by atoms with Crippen LogP contribution in [0.1, 0.15) is 24.2 Å². The summed E-state index contributed by atoms with van der Waals surface area (Å²) in [4.78, 5) is 24.7. The van der Waals surface area contributed by atoms with Crippen molar-refractivity contribution in [2.24, 2.45) is 0 Å². The lowest BCUT2D eigenvalue weighted by molar-refractivity contribution is -0.112. The van der Waals surface area contributed by atoms with E-state index in [1.54, 1.807) is 43.6 Å². The van der Waals surface area contributed by atoms with Crippen molar-refractivity contribution in [1.82, 2.24) is 4.31 Å². The van der Waals surface area contributed by atoms with Gasteiger partial charge in [-0.25, -0.2) is 9.00 Å². The molecule has 0 saturated heterocycles. The van der Waals surface area contributed by atoms with Gasteiger partial charge in [-0.3, -0.25) is 9.10 Å². The minimum absolute atomic E-state index is 0.0686. The Bertz CT molecular complexity index is 1020. The lowest BCUT2D eigenvalue weighted by Gasteiger charge is -2.19. The van der Waals surface area contributed by atoms with Crippen molar-refractivity contribution in [2.45, 2.75) is 13.8 Å². The molecule has 0 spiro atoms. The van der Waals surface area contributed by atoms with E-state index in [9.17, 15) is 13.8 Å². The number of rotatable bonds is 10. The highest BCUT2D eigenvalue weighted by Crippen LogP contribution is 2.30. The van der Waals surface area contributed by atoms with Gasteiger partial charge in [0.2, 0.25) is 0 Å². The van der Waals surface area contributed by atoms with Crippen LogP contribution in [-0.2, 0) is 20.5 Å². The van der Waals surface area contributed by atoms with Gasteiger partial charge in [-0.2, -0.15) is 0 Å².